The third-order valence-corrected chi connectivity index (χ3v) is 6.12. The molecule has 0 aromatic carbocycles. The molecule has 2 amide bonds. The fraction of sp³-hybridized carbons (Fsp3) is 0.667. The Labute approximate surface area is 165 Å². The van der Waals surface area contributed by atoms with Gasteiger partial charge in [-0.1, -0.05) is 25.6 Å². The van der Waals surface area contributed by atoms with Crippen molar-refractivity contribution in [2.45, 2.75) is 45.8 Å². The van der Waals surface area contributed by atoms with Gasteiger partial charge in [0.2, 0.25) is 11.8 Å². The van der Waals surface area contributed by atoms with E-state index in [1.165, 1.54) is 0 Å². The highest BCUT2D eigenvalue weighted by Crippen LogP contribution is 2.42. The molecule has 1 fully saturated rings. The summed E-state index contributed by atoms with van der Waals surface area (Å²) in [6.45, 7) is 3.43. The van der Waals surface area contributed by atoms with Crippen LogP contribution < -0.4 is 5.32 Å². The summed E-state index contributed by atoms with van der Waals surface area (Å²) in [5.41, 5.74) is -0.932. The molecular weight excluding hydrogens is 393 g/mol. The van der Waals surface area contributed by atoms with Crippen LogP contribution in [0, 0.1) is 39.9 Å². The Balaban J connectivity index is 2.19. The van der Waals surface area contributed by atoms with Gasteiger partial charge in [0.1, 0.15) is 12.5 Å². The molecule has 1 aliphatic carbocycles. The highest BCUT2D eigenvalue weighted by molar-refractivity contribution is 8.03. The van der Waals surface area contributed by atoms with Gasteiger partial charge in [-0.2, -0.15) is 23.7 Å². The molecule has 28 heavy (non-hydrogen) atoms. The number of amides is 2. The van der Waals surface area contributed by atoms with Gasteiger partial charge in [0.15, 0.2) is 0 Å². The minimum absolute atomic E-state index is 0.0647. The van der Waals surface area contributed by atoms with E-state index in [0.29, 0.717) is 0 Å². The van der Waals surface area contributed by atoms with Crippen LogP contribution in [0.5, 0.6) is 0 Å². The summed E-state index contributed by atoms with van der Waals surface area (Å²) in [5.74, 6) is -2.66. The van der Waals surface area contributed by atoms with Crippen LogP contribution in [0.1, 0.15) is 33.6 Å². The molecule has 6 nitrogen and oxygen atoms in total. The molecule has 1 aliphatic heterocycles. The predicted molar refractivity (Wildman–Crippen MR) is 96.1 cm³/mol. The molecule has 0 bridgehead atoms. The smallest absolute Gasteiger partial charge is 0.330 e. The minimum atomic E-state index is -4.51. The number of carbonyl (C=O) groups excluding carboxylic acids is 2. The Morgan fingerprint density at radius 1 is 1.39 bits per heavy atom. The molecule has 0 unspecified atom stereocenters. The molecule has 1 saturated carbocycles. The minimum Gasteiger partial charge on any atom is -0.330 e. The van der Waals surface area contributed by atoms with E-state index < -0.39 is 41.9 Å². The first kappa shape index (κ1) is 22.1. The first-order valence-electron chi connectivity index (χ1n) is 8.76. The Kier molecular flexibility index (Phi) is 6.34. The standard InChI is InChI=1S/C18H21F3N4O2S/c1-10(11-4-5-11)25(9-18(19,20)21)14(26)8-28-16-13(7-23)17(2,3)12(6-22)15(27)24-16/h10-12H,4-5,8-9H2,1-3H3,(H,24,27)/t10-,12-/m0/s1. The second-order valence-electron chi connectivity index (χ2n) is 7.59. The number of rotatable bonds is 6. The number of hydrogen-bond acceptors (Lipinski definition) is 5. The van der Waals surface area contributed by atoms with Crippen molar-refractivity contribution in [1.82, 2.24) is 10.2 Å². The van der Waals surface area contributed by atoms with E-state index in [4.69, 9.17) is 0 Å². The zero-order valence-corrected chi connectivity index (χ0v) is 16.6. The molecule has 0 spiro atoms. The molecule has 1 heterocycles. The molecule has 1 N–H and O–H groups in total. The monoisotopic (exact) mass is 414 g/mol. The lowest BCUT2D eigenvalue weighted by molar-refractivity contribution is -0.164. The van der Waals surface area contributed by atoms with Gasteiger partial charge in [-0.05, 0) is 25.7 Å². The third kappa shape index (κ3) is 4.79. The molecule has 0 saturated heterocycles. The number of carbonyl (C=O) groups is 2. The van der Waals surface area contributed by atoms with Crippen molar-refractivity contribution in [2.24, 2.45) is 17.3 Å². The lowest BCUT2D eigenvalue weighted by Gasteiger charge is -2.35. The highest BCUT2D eigenvalue weighted by atomic mass is 32.2. The average molecular weight is 414 g/mol. The molecule has 10 heteroatoms. The van der Waals surface area contributed by atoms with Crippen LogP contribution >= 0.6 is 11.8 Å². The second-order valence-corrected chi connectivity index (χ2v) is 8.58. The summed E-state index contributed by atoms with van der Waals surface area (Å²) in [6, 6.07) is 3.30. The van der Waals surface area contributed by atoms with Crippen LogP contribution in [0.4, 0.5) is 13.2 Å². The fourth-order valence-electron chi connectivity index (χ4n) is 3.24. The van der Waals surface area contributed by atoms with Gasteiger partial charge >= 0.3 is 6.18 Å². The van der Waals surface area contributed by atoms with Gasteiger partial charge in [0, 0.05) is 11.5 Å². The summed E-state index contributed by atoms with van der Waals surface area (Å²) in [7, 11) is 0. The molecular formula is C18H21F3N4O2S. The van der Waals surface area contributed by atoms with Crippen molar-refractivity contribution in [1.29, 1.82) is 10.5 Å². The maximum absolute atomic E-state index is 12.9. The number of nitrogens with zero attached hydrogens (tertiary/aromatic N) is 3. The van der Waals surface area contributed by atoms with Crippen LogP contribution in [-0.2, 0) is 9.59 Å². The zero-order chi connectivity index (χ0) is 21.3. The molecule has 0 aromatic heterocycles. The number of nitrogens with one attached hydrogen (secondary N) is 1. The van der Waals surface area contributed by atoms with Crippen molar-refractivity contribution < 1.29 is 22.8 Å². The maximum atomic E-state index is 12.9. The van der Waals surface area contributed by atoms with Crippen LogP contribution in [0.2, 0.25) is 0 Å². The summed E-state index contributed by atoms with van der Waals surface area (Å²) in [5, 5.41) is 21.2. The van der Waals surface area contributed by atoms with Gasteiger partial charge in [-0.3, -0.25) is 9.59 Å². The number of halogens is 3. The number of allylic oxidation sites excluding steroid dienone is 1. The number of alkyl halides is 3. The third-order valence-electron chi connectivity index (χ3n) is 5.14. The molecule has 0 radical (unpaired) electrons. The molecule has 2 aliphatic rings. The quantitative estimate of drug-likeness (QED) is 0.721. The summed E-state index contributed by atoms with van der Waals surface area (Å²) in [6.07, 6.45) is -2.93. The Hall–Kier alpha value is -2.20. The van der Waals surface area contributed by atoms with E-state index >= 15 is 0 Å². The van der Waals surface area contributed by atoms with Crippen molar-refractivity contribution >= 4 is 23.6 Å². The summed E-state index contributed by atoms with van der Waals surface area (Å²) < 4.78 is 38.7. The Morgan fingerprint density at radius 2 is 2.00 bits per heavy atom. The predicted octanol–water partition coefficient (Wildman–Crippen LogP) is 2.94. The lowest BCUT2D eigenvalue weighted by atomic mass is 9.72. The van der Waals surface area contributed by atoms with E-state index in [2.05, 4.69) is 5.32 Å². The van der Waals surface area contributed by atoms with Crippen LogP contribution in [-0.4, -0.2) is 41.2 Å². The second kappa shape index (κ2) is 8.04. The number of nitriles is 2. The van der Waals surface area contributed by atoms with Gasteiger partial charge in [0.05, 0.1) is 28.5 Å². The molecule has 152 valence electrons. The normalized spacial score (nSPS) is 22.7. The van der Waals surface area contributed by atoms with E-state index in [0.717, 1.165) is 29.5 Å². The van der Waals surface area contributed by atoms with Crippen LogP contribution in [0.15, 0.2) is 10.6 Å². The summed E-state index contributed by atoms with van der Waals surface area (Å²) in [4.78, 5) is 25.5. The number of hydrogen-bond donors (Lipinski definition) is 1. The average Bonchev–Trinajstić information content (AvgIpc) is 3.40. The Morgan fingerprint density at radius 3 is 2.46 bits per heavy atom. The first-order valence-corrected chi connectivity index (χ1v) is 9.75. The SMILES string of the molecule is C[C@@H](C1CC1)N(CC(F)(F)F)C(=O)CSC1=C(C#N)C(C)(C)[C@@H](C#N)C(=O)N1. The van der Waals surface area contributed by atoms with Crippen molar-refractivity contribution in [3.8, 4) is 12.1 Å². The molecule has 2 rings (SSSR count). The van der Waals surface area contributed by atoms with Gasteiger partial charge < -0.3 is 10.2 Å². The zero-order valence-electron chi connectivity index (χ0n) is 15.8. The lowest BCUT2D eigenvalue weighted by Crippen LogP contribution is -2.47. The molecule has 0 aromatic rings. The van der Waals surface area contributed by atoms with Gasteiger partial charge in [0.25, 0.3) is 0 Å². The van der Waals surface area contributed by atoms with Crippen molar-refractivity contribution in [2.75, 3.05) is 12.3 Å². The number of thioether (sulfide) groups is 1. The van der Waals surface area contributed by atoms with E-state index in [1.54, 1.807) is 20.8 Å². The van der Waals surface area contributed by atoms with E-state index in [9.17, 15) is 33.3 Å². The first-order chi connectivity index (χ1) is 12.9. The van der Waals surface area contributed by atoms with Gasteiger partial charge in [-0.25, -0.2) is 0 Å². The van der Waals surface area contributed by atoms with Crippen molar-refractivity contribution in [3.05, 3.63) is 10.6 Å². The Bertz CT molecular complexity index is 775. The van der Waals surface area contributed by atoms with Crippen LogP contribution in [0.25, 0.3) is 0 Å². The van der Waals surface area contributed by atoms with E-state index in [1.807, 2.05) is 12.1 Å². The fourth-order valence-corrected chi connectivity index (χ4v) is 4.30. The van der Waals surface area contributed by atoms with E-state index in [-0.39, 0.29) is 22.3 Å². The molecule has 2 atom stereocenters. The highest BCUT2D eigenvalue weighted by Gasteiger charge is 2.45. The van der Waals surface area contributed by atoms with Crippen LogP contribution in [0.3, 0.4) is 0 Å². The van der Waals surface area contributed by atoms with Crippen molar-refractivity contribution in [3.63, 3.8) is 0 Å². The largest absolute Gasteiger partial charge is 0.406 e. The van der Waals surface area contributed by atoms with Gasteiger partial charge in [-0.15, -0.1) is 0 Å². The summed E-state index contributed by atoms with van der Waals surface area (Å²) >= 11 is 0.818. The maximum Gasteiger partial charge on any atom is 0.406 e. The topological polar surface area (TPSA) is 97.0 Å².